The maximum Gasteiger partial charge on any atom is 0.346 e. The van der Waals surface area contributed by atoms with Crippen LogP contribution in [-0.4, -0.2) is 54.5 Å². The number of carbonyl (C=O) groups is 3. The molecule has 0 saturated heterocycles. The molecule has 0 spiro atoms. The highest BCUT2D eigenvalue weighted by molar-refractivity contribution is 8.29. The van der Waals surface area contributed by atoms with Crippen molar-refractivity contribution in [3.05, 3.63) is 83.8 Å². The Kier molecular flexibility index (Phi) is 8.71. The summed E-state index contributed by atoms with van der Waals surface area (Å²) in [6.07, 6.45) is 2.95. The van der Waals surface area contributed by atoms with E-state index in [0.717, 1.165) is 23.5 Å². The Bertz CT molecular complexity index is 1550. The topological polar surface area (TPSA) is 125 Å². The number of benzene rings is 2. The fraction of sp³-hybridized carbons (Fsp3) is 0.214. The molecule has 4 rings (SSSR count). The van der Waals surface area contributed by atoms with Gasteiger partial charge in [0.05, 0.1) is 46.6 Å². The number of esters is 2. The van der Waals surface area contributed by atoms with Gasteiger partial charge in [0.2, 0.25) is 0 Å². The van der Waals surface area contributed by atoms with Gasteiger partial charge < -0.3 is 14.2 Å². The van der Waals surface area contributed by atoms with E-state index in [2.05, 4.69) is 0 Å². The van der Waals surface area contributed by atoms with Gasteiger partial charge in [0.25, 0.3) is 11.6 Å². The summed E-state index contributed by atoms with van der Waals surface area (Å²) >= 11 is 8.09. The molecule has 0 fully saturated rings. The smallest absolute Gasteiger partial charge is 0.346 e. The molecule has 0 unspecified atom stereocenters. The van der Waals surface area contributed by atoms with Gasteiger partial charge in [0.1, 0.15) is 15.6 Å². The number of non-ortho nitro benzene ring substituents is 1. The van der Waals surface area contributed by atoms with Crippen LogP contribution in [0.15, 0.2) is 62.6 Å². The van der Waals surface area contributed by atoms with E-state index in [1.165, 1.54) is 39.5 Å². The minimum atomic E-state index is -1.02. The molecule has 2 aliphatic heterocycles. The van der Waals surface area contributed by atoms with Gasteiger partial charge in [-0.1, -0.05) is 35.7 Å². The van der Waals surface area contributed by atoms with Gasteiger partial charge in [-0.3, -0.25) is 19.8 Å². The number of anilines is 1. The number of nitro benzene ring substituents is 1. The van der Waals surface area contributed by atoms with Gasteiger partial charge in [-0.15, -0.1) is 0 Å². The summed E-state index contributed by atoms with van der Waals surface area (Å²) in [7, 11) is 3.96. The highest BCUT2D eigenvalue weighted by atomic mass is 32.2. The van der Waals surface area contributed by atoms with Crippen LogP contribution < -0.4 is 9.64 Å². The normalized spacial score (nSPS) is 16.1. The number of hydrogen-bond acceptors (Lipinski definition) is 11. The number of ether oxygens (including phenoxy) is 3. The second kappa shape index (κ2) is 11.9. The summed E-state index contributed by atoms with van der Waals surface area (Å²) in [6.45, 7) is 3.61. The summed E-state index contributed by atoms with van der Waals surface area (Å²) in [5.74, 6) is -1.22. The molecule has 1 amide bonds. The van der Waals surface area contributed by atoms with Crippen LogP contribution in [0.5, 0.6) is 5.75 Å². The third-order valence-corrected chi connectivity index (χ3v) is 9.60. The Morgan fingerprint density at radius 2 is 1.56 bits per heavy atom. The van der Waals surface area contributed by atoms with Gasteiger partial charge in [0, 0.05) is 29.3 Å². The average Bonchev–Trinajstić information content (AvgIpc) is 3.40. The highest BCUT2D eigenvalue weighted by Crippen LogP contribution is 2.56. The minimum absolute atomic E-state index is 0.0534. The standard InChI is InChI=1S/C28H24N2O8S3/c1-28(2)24(39)21(27-40-22(25(32)37-4)23(41-27)26(33)38-5)18-14-17(36-3)11-12-19(18)29(28)20(31)13-8-15-6-9-16(10-7-15)30(34)35/h6-14H,1-5H3. The Morgan fingerprint density at radius 1 is 0.976 bits per heavy atom. The lowest BCUT2D eigenvalue weighted by Gasteiger charge is -2.45. The average molecular weight is 613 g/mol. The molecule has 0 saturated carbocycles. The van der Waals surface area contributed by atoms with Crippen molar-refractivity contribution in [2.45, 2.75) is 19.4 Å². The van der Waals surface area contributed by atoms with Crippen molar-refractivity contribution in [1.29, 1.82) is 0 Å². The third-order valence-electron chi connectivity index (χ3n) is 6.34. The molecular weight excluding hydrogens is 589 g/mol. The molecule has 13 heteroatoms. The van der Waals surface area contributed by atoms with Crippen LogP contribution in [0.25, 0.3) is 11.6 Å². The lowest BCUT2D eigenvalue weighted by atomic mass is 9.83. The van der Waals surface area contributed by atoms with Gasteiger partial charge >= 0.3 is 11.9 Å². The Labute approximate surface area is 249 Å². The second-order valence-corrected chi connectivity index (χ2v) is 11.8. The molecule has 0 aliphatic carbocycles. The van der Waals surface area contributed by atoms with Crippen LogP contribution in [0.4, 0.5) is 11.4 Å². The number of hydrogen-bond donors (Lipinski definition) is 0. The Hall–Kier alpha value is -3.94. The first-order valence-corrected chi connectivity index (χ1v) is 14.0. The number of methoxy groups -OCH3 is 3. The number of nitrogens with zero attached hydrogens (tertiary/aromatic N) is 2. The number of nitro groups is 1. The number of rotatable bonds is 6. The van der Waals surface area contributed by atoms with Crippen molar-refractivity contribution in [3.8, 4) is 5.75 Å². The van der Waals surface area contributed by atoms with Crippen LogP contribution in [0.2, 0.25) is 0 Å². The van der Waals surface area contributed by atoms with Crippen LogP contribution in [0.1, 0.15) is 25.0 Å². The maximum atomic E-state index is 13.7. The van der Waals surface area contributed by atoms with E-state index in [1.807, 2.05) is 0 Å². The molecule has 2 aromatic carbocycles. The van der Waals surface area contributed by atoms with Crippen molar-refractivity contribution >= 4 is 81.5 Å². The zero-order valence-corrected chi connectivity index (χ0v) is 25.0. The van der Waals surface area contributed by atoms with Gasteiger partial charge in [-0.25, -0.2) is 9.59 Å². The van der Waals surface area contributed by atoms with Crippen LogP contribution >= 0.6 is 35.7 Å². The Morgan fingerprint density at radius 3 is 2.07 bits per heavy atom. The molecule has 0 aromatic heterocycles. The lowest BCUT2D eigenvalue weighted by Crippen LogP contribution is -2.55. The van der Waals surface area contributed by atoms with Crippen molar-refractivity contribution in [1.82, 2.24) is 0 Å². The fourth-order valence-electron chi connectivity index (χ4n) is 4.27. The minimum Gasteiger partial charge on any atom is -0.497 e. The zero-order valence-electron chi connectivity index (χ0n) is 22.6. The van der Waals surface area contributed by atoms with Crippen molar-refractivity contribution < 1.29 is 33.5 Å². The molecule has 212 valence electrons. The summed E-state index contributed by atoms with van der Waals surface area (Å²) in [4.78, 5) is 51.3. The number of amides is 1. The SMILES string of the molecule is COC(=O)C1=C(C(=O)OC)SC(=C2C(=S)C(C)(C)N(C(=O)C=Cc3ccc([N+](=O)[O-])cc3)c3ccc(OC)cc32)S1. The first kappa shape index (κ1) is 30.0. The Balaban J connectivity index is 1.82. The molecule has 2 aromatic rings. The van der Waals surface area contributed by atoms with E-state index in [4.69, 9.17) is 26.4 Å². The van der Waals surface area contributed by atoms with Crippen molar-refractivity contribution in [2.24, 2.45) is 0 Å². The zero-order chi connectivity index (χ0) is 30.1. The second-order valence-electron chi connectivity index (χ2n) is 9.13. The van der Waals surface area contributed by atoms with Gasteiger partial charge in [-0.2, -0.15) is 0 Å². The van der Waals surface area contributed by atoms with Crippen molar-refractivity contribution in [2.75, 3.05) is 26.2 Å². The van der Waals surface area contributed by atoms with E-state index < -0.39 is 22.4 Å². The fourth-order valence-corrected chi connectivity index (χ4v) is 7.30. The monoisotopic (exact) mass is 612 g/mol. The van der Waals surface area contributed by atoms with Gasteiger partial charge in [-0.05, 0) is 55.8 Å². The quantitative estimate of drug-likeness (QED) is 0.135. The molecule has 2 aliphatic rings. The molecular formula is C28H24N2O8S3. The first-order chi connectivity index (χ1) is 19.4. The molecule has 41 heavy (non-hydrogen) atoms. The van der Waals surface area contributed by atoms with E-state index in [-0.39, 0.29) is 21.4 Å². The molecule has 0 atom stereocenters. The number of thiocarbonyl (C=S) groups is 1. The predicted octanol–water partition coefficient (Wildman–Crippen LogP) is 5.52. The van der Waals surface area contributed by atoms with E-state index in [0.29, 0.717) is 37.2 Å². The van der Waals surface area contributed by atoms with Crippen molar-refractivity contribution in [3.63, 3.8) is 0 Å². The van der Waals surface area contributed by atoms with E-state index in [1.54, 1.807) is 55.2 Å². The first-order valence-electron chi connectivity index (χ1n) is 11.9. The summed E-state index contributed by atoms with van der Waals surface area (Å²) < 4.78 is 15.8. The summed E-state index contributed by atoms with van der Waals surface area (Å²) in [5, 5.41) is 11.0. The van der Waals surface area contributed by atoms with E-state index in [9.17, 15) is 24.5 Å². The number of carbonyl (C=O) groups excluding carboxylic acids is 3. The van der Waals surface area contributed by atoms with Crippen LogP contribution in [0, 0.1) is 10.1 Å². The molecule has 0 radical (unpaired) electrons. The summed E-state index contributed by atoms with van der Waals surface area (Å²) in [5.41, 5.74) is 1.24. The van der Waals surface area contributed by atoms with Crippen LogP contribution in [-0.2, 0) is 23.9 Å². The van der Waals surface area contributed by atoms with E-state index >= 15 is 0 Å². The van der Waals surface area contributed by atoms with Crippen LogP contribution in [0.3, 0.4) is 0 Å². The maximum absolute atomic E-state index is 13.7. The molecule has 0 bridgehead atoms. The lowest BCUT2D eigenvalue weighted by molar-refractivity contribution is -0.384. The number of thioether (sulfide) groups is 2. The predicted molar refractivity (Wildman–Crippen MR) is 162 cm³/mol. The molecule has 2 heterocycles. The highest BCUT2D eigenvalue weighted by Gasteiger charge is 2.45. The largest absolute Gasteiger partial charge is 0.497 e. The molecule has 10 nitrogen and oxygen atoms in total. The van der Waals surface area contributed by atoms with Gasteiger partial charge in [0.15, 0.2) is 0 Å². The third kappa shape index (κ3) is 5.65. The summed E-state index contributed by atoms with van der Waals surface area (Å²) in [6, 6.07) is 11.0. The number of fused-ring (bicyclic) bond motifs is 1. The molecule has 0 N–H and O–H groups in total.